The molecule has 2 amide bonds. The van der Waals surface area contributed by atoms with Gasteiger partial charge in [0.1, 0.15) is 22.5 Å². The summed E-state index contributed by atoms with van der Waals surface area (Å²) < 4.78 is 10.8. The minimum atomic E-state index is -0.757. The highest BCUT2D eigenvalue weighted by atomic mass is 32.1. The van der Waals surface area contributed by atoms with Crippen LogP contribution in [-0.4, -0.2) is 41.8 Å². The second-order valence-electron chi connectivity index (χ2n) is 7.06. The summed E-state index contributed by atoms with van der Waals surface area (Å²) >= 11 is 1.24. The average molecular weight is 455 g/mol. The molecule has 0 spiro atoms. The molecular formula is C23H26N4O4S. The fourth-order valence-corrected chi connectivity index (χ4v) is 3.49. The molecule has 8 nitrogen and oxygen atoms in total. The molecule has 1 aromatic heterocycles. The molecule has 0 saturated heterocycles. The second-order valence-corrected chi connectivity index (χ2v) is 8.03. The first-order valence-electron chi connectivity index (χ1n) is 10.3. The SMILES string of the molecule is CCCCOc1ccc(C(=O)NC(C)C(=O)Nc2nnc(-c3cccc(OC)c3)s2)cc1. The monoisotopic (exact) mass is 454 g/mol. The molecule has 9 heteroatoms. The molecule has 0 radical (unpaired) electrons. The summed E-state index contributed by atoms with van der Waals surface area (Å²) in [7, 11) is 1.59. The van der Waals surface area contributed by atoms with Crippen molar-refractivity contribution in [3.05, 3.63) is 54.1 Å². The highest BCUT2D eigenvalue weighted by Crippen LogP contribution is 2.28. The van der Waals surface area contributed by atoms with Crippen LogP contribution in [0.3, 0.4) is 0 Å². The summed E-state index contributed by atoms with van der Waals surface area (Å²) in [5.74, 6) is 0.692. The van der Waals surface area contributed by atoms with Crippen molar-refractivity contribution in [2.24, 2.45) is 0 Å². The van der Waals surface area contributed by atoms with Gasteiger partial charge in [0, 0.05) is 11.1 Å². The number of carbonyl (C=O) groups excluding carboxylic acids is 2. The van der Waals surface area contributed by atoms with Crippen LogP contribution in [0.2, 0.25) is 0 Å². The van der Waals surface area contributed by atoms with Gasteiger partial charge in [-0.3, -0.25) is 14.9 Å². The molecule has 0 aliphatic carbocycles. The van der Waals surface area contributed by atoms with Gasteiger partial charge in [-0.2, -0.15) is 0 Å². The predicted octanol–water partition coefficient (Wildman–Crippen LogP) is 4.15. The number of methoxy groups -OCH3 is 1. The quantitative estimate of drug-likeness (QED) is 0.446. The Bertz CT molecular complexity index is 1050. The second kappa shape index (κ2) is 11.2. The Morgan fingerprint density at radius 1 is 1.09 bits per heavy atom. The number of anilines is 1. The highest BCUT2D eigenvalue weighted by Gasteiger charge is 2.19. The maximum atomic E-state index is 12.5. The van der Waals surface area contributed by atoms with Gasteiger partial charge >= 0.3 is 0 Å². The van der Waals surface area contributed by atoms with Crippen LogP contribution < -0.4 is 20.1 Å². The lowest BCUT2D eigenvalue weighted by molar-refractivity contribution is -0.117. The lowest BCUT2D eigenvalue weighted by Gasteiger charge is -2.13. The number of nitrogens with zero attached hydrogens (tertiary/aromatic N) is 2. The molecule has 2 N–H and O–H groups in total. The van der Waals surface area contributed by atoms with E-state index in [0.717, 1.165) is 18.4 Å². The van der Waals surface area contributed by atoms with E-state index in [2.05, 4.69) is 27.8 Å². The molecular weight excluding hydrogens is 428 g/mol. The average Bonchev–Trinajstić information content (AvgIpc) is 3.28. The zero-order valence-corrected chi connectivity index (χ0v) is 19.1. The Kier molecular flexibility index (Phi) is 8.15. The van der Waals surface area contributed by atoms with Gasteiger partial charge < -0.3 is 14.8 Å². The predicted molar refractivity (Wildman–Crippen MR) is 124 cm³/mol. The van der Waals surface area contributed by atoms with Gasteiger partial charge in [-0.05, 0) is 49.7 Å². The molecule has 32 heavy (non-hydrogen) atoms. The van der Waals surface area contributed by atoms with Crippen molar-refractivity contribution in [3.63, 3.8) is 0 Å². The van der Waals surface area contributed by atoms with Gasteiger partial charge in [0.2, 0.25) is 11.0 Å². The molecule has 0 aliphatic rings. The number of rotatable bonds is 10. The molecule has 0 fully saturated rings. The number of ether oxygens (including phenoxy) is 2. The van der Waals surface area contributed by atoms with Crippen molar-refractivity contribution in [1.29, 1.82) is 0 Å². The number of hydrogen-bond donors (Lipinski definition) is 2. The first-order valence-corrected chi connectivity index (χ1v) is 11.1. The third-order valence-corrected chi connectivity index (χ3v) is 5.48. The van der Waals surface area contributed by atoms with Crippen LogP contribution in [0, 0.1) is 0 Å². The lowest BCUT2D eigenvalue weighted by Crippen LogP contribution is -2.41. The van der Waals surface area contributed by atoms with E-state index in [1.165, 1.54) is 11.3 Å². The van der Waals surface area contributed by atoms with E-state index in [0.29, 0.717) is 33.8 Å². The van der Waals surface area contributed by atoms with Crippen LogP contribution in [0.15, 0.2) is 48.5 Å². The fraction of sp³-hybridized carbons (Fsp3) is 0.304. The van der Waals surface area contributed by atoms with Crippen LogP contribution in [0.4, 0.5) is 5.13 Å². The molecule has 0 aliphatic heterocycles. The van der Waals surface area contributed by atoms with E-state index in [-0.39, 0.29) is 11.8 Å². The van der Waals surface area contributed by atoms with Gasteiger partial charge in [-0.15, -0.1) is 10.2 Å². The summed E-state index contributed by atoms with van der Waals surface area (Å²) in [6, 6.07) is 13.5. The minimum absolute atomic E-state index is 0.345. The van der Waals surface area contributed by atoms with Crippen molar-refractivity contribution < 1.29 is 19.1 Å². The number of hydrogen-bond acceptors (Lipinski definition) is 7. The third-order valence-electron chi connectivity index (χ3n) is 4.60. The molecule has 168 valence electrons. The summed E-state index contributed by atoms with van der Waals surface area (Å²) in [5, 5.41) is 14.5. The van der Waals surface area contributed by atoms with Crippen molar-refractivity contribution in [3.8, 4) is 22.1 Å². The van der Waals surface area contributed by atoms with E-state index in [1.54, 1.807) is 38.3 Å². The molecule has 0 saturated carbocycles. The first-order chi connectivity index (χ1) is 15.5. The van der Waals surface area contributed by atoms with Crippen LogP contribution >= 0.6 is 11.3 Å². The van der Waals surface area contributed by atoms with Crippen LogP contribution in [-0.2, 0) is 4.79 Å². The zero-order valence-electron chi connectivity index (χ0n) is 18.3. The fourth-order valence-electron chi connectivity index (χ4n) is 2.74. The number of benzene rings is 2. The topological polar surface area (TPSA) is 102 Å². The summed E-state index contributed by atoms with van der Waals surface area (Å²) in [4.78, 5) is 25.0. The van der Waals surface area contributed by atoms with Crippen LogP contribution in [0.25, 0.3) is 10.6 Å². The zero-order chi connectivity index (χ0) is 22.9. The summed E-state index contributed by atoms with van der Waals surface area (Å²) in [6.45, 7) is 4.35. The summed E-state index contributed by atoms with van der Waals surface area (Å²) in [5.41, 5.74) is 1.29. The Balaban J connectivity index is 1.54. The molecule has 3 aromatic rings. The molecule has 2 aromatic carbocycles. The van der Waals surface area contributed by atoms with Crippen LogP contribution in [0.1, 0.15) is 37.0 Å². The normalized spacial score (nSPS) is 11.5. The Labute approximate surface area is 191 Å². The van der Waals surface area contributed by atoms with E-state index in [9.17, 15) is 9.59 Å². The maximum absolute atomic E-state index is 12.5. The van der Waals surface area contributed by atoms with E-state index in [1.807, 2.05) is 24.3 Å². The van der Waals surface area contributed by atoms with Crippen molar-refractivity contribution in [2.75, 3.05) is 19.0 Å². The Morgan fingerprint density at radius 2 is 1.88 bits per heavy atom. The maximum Gasteiger partial charge on any atom is 0.251 e. The number of unbranched alkanes of at least 4 members (excludes halogenated alkanes) is 1. The Hall–Kier alpha value is -3.46. The number of aromatic nitrogens is 2. The number of nitrogens with one attached hydrogen (secondary N) is 2. The molecule has 1 unspecified atom stereocenters. The van der Waals surface area contributed by atoms with Gasteiger partial charge in [0.05, 0.1) is 13.7 Å². The van der Waals surface area contributed by atoms with Crippen LogP contribution in [0.5, 0.6) is 11.5 Å². The van der Waals surface area contributed by atoms with Gasteiger partial charge in [0.15, 0.2) is 0 Å². The Morgan fingerprint density at radius 3 is 2.59 bits per heavy atom. The lowest BCUT2D eigenvalue weighted by atomic mass is 10.2. The van der Waals surface area contributed by atoms with Crippen molar-refractivity contribution >= 4 is 28.3 Å². The van der Waals surface area contributed by atoms with Crippen molar-refractivity contribution in [2.45, 2.75) is 32.7 Å². The van der Waals surface area contributed by atoms with Gasteiger partial charge in [0.25, 0.3) is 5.91 Å². The van der Waals surface area contributed by atoms with Crippen molar-refractivity contribution in [1.82, 2.24) is 15.5 Å². The van der Waals surface area contributed by atoms with Gasteiger partial charge in [-0.1, -0.05) is 36.8 Å². The third kappa shape index (κ3) is 6.27. The smallest absolute Gasteiger partial charge is 0.251 e. The van der Waals surface area contributed by atoms with E-state index >= 15 is 0 Å². The highest BCUT2D eigenvalue weighted by molar-refractivity contribution is 7.18. The molecule has 0 bridgehead atoms. The standard InChI is InChI=1S/C23H26N4O4S/c1-4-5-13-31-18-11-9-16(10-12-18)21(29)24-15(2)20(28)25-23-27-26-22(32-23)17-7-6-8-19(14-17)30-3/h6-12,14-15H,4-5,13H2,1-3H3,(H,24,29)(H,25,27,28). The summed E-state index contributed by atoms with van der Waals surface area (Å²) in [6.07, 6.45) is 2.03. The molecule has 1 heterocycles. The van der Waals surface area contributed by atoms with E-state index in [4.69, 9.17) is 9.47 Å². The largest absolute Gasteiger partial charge is 0.497 e. The number of carbonyl (C=O) groups is 2. The van der Waals surface area contributed by atoms with Gasteiger partial charge in [-0.25, -0.2) is 0 Å². The minimum Gasteiger partial charge on any atom is -0.497 e. The van der Waals surface area contributed by atoms with E-state index < -0.39 is 6.04 Å². The molecule has 3 rings (SSSR count). The number of amides is 2. The molecule has 1 atom stereocenters. The first kappa shape index (κ1) is 23.2.